The molecule has 0 saturated carbocycles. The zero-order chi connectivity index (χ0) is 17.6. The minimum absolute atomic E-state index is 0.0665. The van der Waals surface area contributed by atoms with Crippen LogP contribution in [0.4, 0.5) is 0 Å². The molecule has 0 aromatic heterocycles. The van der Waals surface area contributed by atoms with E-state index in [2.05, 4.69) is 19.9 Å². The second-order valence-electron chi connectivity index (χ2n) is 6.44. The number of benzene rings is 2. The van der Waals surface area contributed by atoms with Crippen LogP contribution in [0.1, 0.15) is 63.5 Å². The van der Waals surface area contributed by atoms with Crippen LogP contribution in [0.2, 0.25) is 0 Å². The van der Waals surface area contributed by atoms with Gasteiger partial charge < -0.3 is 0 Å². The van der Waals surface area contributed by atoms with Gasteiger partial charge in [0, 0.05) is 0 Å². The van der Waals surface area contributed by atoms with Gasteiger partial charge in [0.25, 0.3) is 10.1 Å². The molecule has 2 rings (SSSR count). The van der Waals surface area contributed by atoms with Gasteiger partial charge in [0.05, 0.1) is 4.90 Å². The van der Waals surface area contributed by atoms with Crippen LogP contribution in [-0.4, -0.2) is 13.0 Å². The van der Waals surface area contributed by atoms with E-state index in [-0.39, 0.29) is 4.90 Å². The normalized spacial score (nSPS) is 12.0. The van der Waals surface area contributed by atoms with Crippen LogP contribution in [0.5, 0.6) is 0 Å². The highest BCUT2D eigenvalue weighted by molar-refractivity contribution is 7.85. The Kier molecular flexibility index (Phi) is 6.81. The summed E-state index contributed by atoms with van der Waals surface area (Å²) in [6, 6.07) is 9.53. The summed E-state index contributed by atoms with van der Waals surface area (Å²) in [5, 5.41) is 2.09. The van der Waals surface area contributed by atoms with E-state index in [0.29, 0.717) is 6.42 Å². The molecule has 0 fully saturated rings. The third kappa shape index (κ3) is 4.58. The van der Waals surface area contributed by atoms with E-state index >= 15 is 0 Å². The summed E-state index contributed by atoms with van der Waals surface area (Å²) < 4.78 is 33.2. The quantitative estimate of drug-likeness (QED) is 0.477. The molecular weight excluding hydrogens is 320 g/mol. The number of hydrogen-bond donors (Lipinski definition) is 1. The maximum Gasteiger partial charge on any atom is 0.294 e. The summed E-state index contributed by atoms with van der Waals surface area (Å²) in [6.45, 7) is 4.31. The van der Waals surface area contributed by atoms with Gasteiger partial charge in [-0.25, -0.2) is 0 Å². The van der Waals surface area contributed by atoms with Gasteiger partial charge in [-0.2, -0.15) is 8.42 Å². The van der Waals surface area contributed by atoms with E-state index < -0.39 is 10.1 Å². The monoisotopic (exact) mass is 348 g/mol. The second-order valence-corrected chi connectivity index (χ2v) is 7.83. The van der Waals surface area contributed by atoms with Crippen molar-refractivity contribution in [1.29, 1.82) is 0 Å². The van der Waals surface area contributed by atoms with Crippen LogP contribution in [0, 0.1) is 0 Å². The minimum atomic E-state index is -4.20. The van der Waals surface area contributed by atoms with E-state index in [1.165, 1.54) is 18.4 Å². The molecule has 0 aliphatic heterocycles. The van der Waals surface area contributed by atoms with Crippen LogP contribution < -0.4 is 0 Å². The average Bonchev–Trinajstić information content (AvgIpc) is 2.54. The second kappa shape index (κ2) is 8.63. The Bertz CT molecular complexity index is 779. The fourth-order valence-corrected chi connectivity index (χ4v) is 4.06. The first-order chi connectivity index (χ1) is 11.5. The van der Waals surface area contributed by atoms with Gasteiger partial charge >= 0.3 is 0 Å². The van der Waals surface area contributed by atoms with Crippen molar-refractivity contribution in [3.63, 3.8) is 0 Å². The lowest BCUT2D eigenvalue weighted by molar-refractivity contribution is 0.482. The van der Waals surface area contributed by atoms with Crippen molar-refractivity contribution < 1.29 is 13.0 Å². The topological polar surface area (TPSA) is 54.4 Å². The number of rotatable bonds is 9. The SMILES string of the molecule is CCCCCc1cccc2c(CCCCC)c(S(=O)(=O)O)ccc12. The number of aryl methyl sites for hydroxylation is 2. The molecule has 1 N–H and O–H groups in total. The van der Waals surface area contributed by atoms with Gasteiger partial charge in [0.2, 0.25) is 0 Å². The molecule has 0 spiro atoms. The van der Waals surface area contributed by atoms with Crippen LogP contribution in [0.25, 0.3) is 10.8 Å². The first-order valence-corrected chi connectivity index (χ1v) is 10.4. The molecular formula is C20H28O3S. The molecule has 0 aliphatic carbocycles. The van der Waals surface area contributed by atoms with Gasteiger partial charge in [-0.1, -0.05) is 63.8 Å². The molecule has 132 valence electrons. The molecule has 0 aliphatic rings. The van der Waals surface area contributed by atoms with E-state index in [1.54, 1.807) is 6.07 Å². The van der Waals surface area contributed by atoms with Crippen molar-refractivity contribution in [2.75, 3.05) is 0 Å². The molecule has 24 heavy (non-hydrogen) atoms. The van der Waals surface area contributed by atoms with E-state index in [0.717, 1.165) is 48.4 Å². The van der Waals surface area contributed by atoms with Crippen molar-refractivity contribution in [3.05, 3.63) is 41.5 Å². The van der Waals surface area contributed by atoms with Crippen molar-refractivity contribution in [3.8, 4) is 0 Å². The van der Waals surface area contributed by atoms with Gasteiger partial charge in [-0.3, -0.25) is 4.55 Å². The largest absolute Gasteiger partial charge is 0.294 e. The summed E-state index contributed by atoms with van der Waals surface area (Å²) >= 11 is 0. The first kappa shape index (κ1) is 18.9. The van der Waals surface area contributed by atoms with Gasteiger partial charge in [0.15, 0.2) is 0 Å². The molecule has 0 heterocycles. The highest BCUT2D eigenvalue weighted by atomic mass is 32.2. The Labute approximate surface area is 145 Å². The fraction of sp³-hybridized carbons (Fsp3) is 0.500. The van der Waals surface area contributed by atoms with Gasteiger partial charge in [-0.05, 0) is 53.6 Å². The highest BCUT2D eigenvalue weighted by Gasteiger charge is 2.18. The van der Waals surface area contributed by atoms with E-state index in [1.807, 2.05) is 18.2 Å². The summed E-state index contributed by atoms with van der Waals surface area (Å²) in [6.07, 6.45) is 8.26. The van der Waals surface area contributed by atoms with Gasteiger partial charge in [-0.15, -0.1) is 0 Å². The van der Waals surface area contributed by atoms with Crippen molar-refractivity contribution in [2.24, 2.45) is 0 Å². The van der Waals surface area contributed by atoms with E-state index in [9.17, 15) is 13.0 Å². The average molecular weight is 349 g/mol. The summed E-state index contributed by atoms with van der Waals surface area (Å²) in [5.41, 5.74) is 2.03. The summed E-state index contributed by atoms with van der Waals surface area (Å²) in [5.74, 6) is 0. The van der Waals surface area contributed by atoms with E-state index in [4.69, 9.17) is 0 Å². The molecule has 0 unspecified atom stereocenters. The van der Waals surface area contributed by atoms with Crippen molar-refractivity contribution in [1.82, 2.24) is 0 Å². The number of unbranched alkanes of at least 4 members (excludes halogenated alkanes) is 4. The Balaban J connectivity index is 2.51. The Morgan fingerprint density at radius 3 is 2.12 bits per heavy atom. The summed E-state index contributed by atoms with van der Waals surface area (Å²) in [4.78, 5) is 0.0665. The van der Waals surface area contributed by atoms with Crippen LogP contribution >= 0.6 is 0 Å². The fourth-order valence-electron chi connectivity index (χ4n) is 3.30. The summed E-state index contributed by atoms with van der Waals surface area (Å²) in [7, 11) is -4.20. The molecule has 2 aromatic rings. The van der Waals surface area contributed by atoms with Gasteiger partial charge in [0.1, 0.15) is 0 Å². The third-order valence-electron chi connectivity index (χ3n) is 4.58. The first-order valence-electron chi connectivity index (χ1n) is 9.00. The molecule has 3 nitrogen and oxygen atoms in total. The smallest absolute Gasteiger partial charge is 0.282 e. The van der Waals surface area contributed by atoms with Crippen molar-refractivity contribution >= 4 is 20.9 Å². The molecule has 0 amide bonds. The molecule has 2 aromatic carbocycles. The maximum atomic E-state index is 11.8. The highest BCUT2D eigenvalue weighted by Crippen LogP contribution is 2.30. The Hall–Kier alpha value is -1.39. The maximum absolute atomic E-state index is 11.8. The lowest BCUT2D eigenvalue weighted by Crippen LogP contribution is -2.05. The molecule has 0 bridgehead atoms. The zero-order valence-corrected chi connectivity index (χ0v) is 15.5. The minimum Gasteiger partial charge on any atom is -0.282 e. The number of hydrogen-bond acceptors (Lipinski definition) is 2. The molecule has 4 heteroatoms. The van der Waals surface area contributed by atoms with Crippen LogP contribution in [0.15, 0.2) is 35.2 Å². The molecule has 0 saturated heterocycles. The zero-order valence-electron chi connectivity index (χ0n) is 14.7. The Morgan fingerprint density at radius 1 is 0.833 bits per heavy atom. The lowest BCUT2D eigenvalue weighted by Gasteiger charge is -2.14. The Morgan fingerprint density at radius 2 is 1.50 bits per heavy atom. The predicted molar refractivity (Wildman–Crippen MR) is 100 cm³/mol. The van der Waals surface area contributed by atoms with Crippen LogP contribution in [0.3, 0.4) is 0 Å². The molecule has 0 radical (unpaired) electrons. The molecule has 0 atom stereocenters. The third-order valence-corrected chi connectivity index (χ3v) is 5.52. The van der Waals surface area contributed by atoms with Crippen LogP contribution in [-0.2, 0) is 23.0 Å². The predicted octanol–water partition coefficient (Wildman–Crippen LogP) is 5.55. The number of fused-ring (bicyclic) bond motifs is 1. The standard InChI is InChI=1S/C20H28O3S/c1-3-5-7-10-16-11-9-13-18-17(16)14-15-20(24(21,22)23)19(18)12-8-6-4-2/h9,11,13-15H,3-8,10,12H2,1-2H3,(H,21,22,23). The van der Waals surface area contributed by atoms with Crippen molar-refractivity contribution in [2.45, 2.75) is 70.1 Å². The lowest BCUT2D eigenvalue weighted by atomic mass is 9.94.